The Bertz CT molecular complexity index is 3120. The van der Waals surface area contributed by atoms with Crippen molar-refractivity contribution in [2.45, 2.75) is 0 Å². The lowest BCUT2D eigenvalue weighted by Crippen LogP contribution is -1.94. The molecule has 0 aliphatic carbocycles. The van der Waals surface area contributed by atoms with E-state index in [0.717, 1.165) is 5.69 Å². The van der Waals surface area contributed by atoms with Gasteiger partial charge in [0.2, 0.25) is 0 Å². The first-order valence-corrected chi connectivity index (χ1v) is 18.2. The van der Waals surface area contributed by atoms with Gasteiger partial charge >= 0.3 is 0 Å². The molecule has 0 spiro atoms. The fourth-order valence-electron chi connectivity index (χ4n) is 8.14. The zero-order chi connectivity index (χ0) is 33.5. The quantitative estimate of drug-likeness (QED) is 0.177. The van der Waals surface area contributed by atoms with Crippen LogP contribution in [0.1, 0.15) is 0 Å². The molecule has 0 aliphatic rings. The standard InChI is InChI=1S/C48H30N2S/c1-2-10-35(11-3-1)50-43-15-7-4-12-37(43)39-25-20-34(30-46(39)50)33-21-26-45-41(28-33)38-13-5-8-16-44(38)49(45)36-23-18-31(19-24-36)32-22-27-48-42(29-32)40-14-6-9-17-47(40)51-48/h1-30H. The Kier molecular flexibility index (Phi) is 6.16. The maximum atomic E-state index is 2.41. The molecule has 3 aromatic heterocycles. The van der Waals surface area contributed by atoms with Crippen LogP contribution >= 0.6 is 11.3 Å². The van der Waals surface area contributed by atoms with E-state index in [1.165, 1.54) is 91.7 Å². The van der Waals surface area contributed by atoms with Crippen molar-refractivity contribution in [2.75, 3.05) is 0 Å². The molecule has 0 bridgehead atoms. The molecule has 0 atom stereocenters. The summed E-state index contributed by atoms with van der Waals surface area (Å²) in [5.74, 6) is 0. The van der Waals surface area contributed by atoms with E-state index in [1.807, 2.05) is 11.3 Å². The van der Waals surface area contributed by atoms with Crippen LogP contribution < -0.4 is 0 Å². The number of nitrogens with zero attached hydrogens (tertiary/aromatic N) is 2. The van der Waals surface area contributed by atoms with Crippen molar-refractivity contribution in [3.8, 4) is 33.6 Å². The highest BCUT2D eigenvalue weighted by atomic mass is 32.1. The maximum absolute atomic E-state index is 2.41. The van der Waals surface area contributed by atoms with Gasteiger partial charge in [-0.25, -0.2) is 0 Å². The molecule has 3 heteroatoms. The number of hydrogen-bond donors (Lipinski definition) is 0. The molecular weight excluding hydrogens is 637 g/mol. The number of rotatable bonds is 4. The molecule has 8 aromatic carbocycles. The van der Waals surface area contributed by atoms with Crippen molar-refractivity contribution in [1.82, 2.24) is 9.13 Å². The average molecular weight is 667 g/mol. The van der Waals surface area contributed by atoms with Gasteiger partial charge in [0, 0.05) is 53.1 Å². The average Bonchev–Trinajstić information content (AvgIpc) is 3.85. The largest absolute Gasteiger partial charge is 0.309 e. The highest BCUT2D eigenvalue weighted by Crippen LogP contribution is 2.39. The third kappa shape index (κ3) is 4.35. The fraction of sp³-hybridized carbons (Fsp3) is 0. The number of aromatic nitrogens is 2. The molecule has 0 amide bonds. The van der Waals surface area contributed by atoms with E-state index in [0.29, 0.717) is 0 Å². The second kappa shape index (κ2) is 11.0. The minimum Gasteiger partial charge on any atom is -0.309 e. The predicted octanol–water partition coefficient (Wildman–Crippen LogP) is 13.6. The minimum absolute atomic E-state index is 1.16. The number of fused-ring (bicyclic) bond motifs is 9. The third-order valence-electron chi connectivity index (χ3n) is 10.5. The molecule has 51 heavy (non-hydrogen) atoms. The second-order valence-electron chi connectivity index (χ2n) is 13.4. The van der Waals surface area contributed by atoms with Gasteiger partial charge in [-0.15, -0.1) is 11.3 Å². The maximum Gasteiger partial charge on any atom is 0.0547 e. The lowest BCUT2D eigenvalue weighted by molar-refractivity contribution is 1.18. The lowest BCUT2D eigenvalue weighted by atomic mass is 10.0. The van der Waals surface area contributed by atoms with Gasteiger partial charge in [-0.1, -0.05) is 109 Å². The van der Waals surface area contributed by atoms with E-state index in [-0.39, 0.29) is 0 Å². The van der Waals surface area contributed by atoms with Crippen LogP contribution in [0.4, 0.5) is 0 Å². The third-order valence-corrected chi connectivity index (χ3v) is 11.7. The van der Waals surface area contributed by atoms with Gasteiger partial charge in [0.1, 0.15) is 0 Å². The molecule has 0 fully saturated rings. The Morgan fingerprint density at radius 3 is 1.57 bits per heavy atom. The van der Waals surface area contributed by atoms with Gasteiger partial charge in [0.05, 0.1) is 22.1 Å². The van der Waals surface area contributed by atoms with Gasteiger partial charge in [0.15, 0.2) is 0 Å². The first kappa shape index (κ1) is 28.4. The summed E-state index contributed by atoms with van der Waals surface area (Å²) in [6.45, 7) is 0. The van der Waals surface area contributed by atoms with Gasteiger partial charge in [-0.05, 0) is 95.1 Å². The lowest BCUT2D eigenvalue weighted by Gasteiger charge is -2.11. The van der Waals surface area contributed by atoms with Crippen LogP contribution in [0.2, 0.25) is 0 Å². The van der Waals surface area contributed by atoms with Crippen LogP contribution in [-0.4, -0.2) is 9.13 Å². The molecule has 11 rings (SSSR count). The molecule has 0 N–H and O–H groups in total. The van der Waals surface area contributed by atoms with E-state index < -0.39 is 0 Å². The summed E-state index contributed by atoms with van der Waals surface area (Å²) in [6, 6.07) is 66.7. The number of para-hydroxylation sites is 3. The van der Waals surface area contributed by atoms with Gasteiger partial charge in [0.25, 0.3) is 0 Å². The molecule has 0 unspecified atom stereocenters. The molecule has 238 valence electrons. The first-order valence-electron chi connectivity index (χ1n) is 17.4. The minimum atomic E-state index is 1.16. The highest BCUT2D eigenvalue weighted by molar-refractivity contribution is 7.25. The Morgan fingerprint density at radius 1 is 0.275 bits per heavy atom. The normalized spacial score (nSPS) is 11.9. The number of thiophene rings is 1. The van der Waals surface area contributed by atoms with Crippen LogP contribution in [0.5, 0.6) is 0 Å². The molecule has 11 aromatic rings. The summed E-state index contributed by atoms with van der Waals surface area (Å²) >= 11 is 1.86. The van der Waals surface area contributed by atoms with Crippen LogP contribution in [0.3, 0.4) is 0 Å². The van der Waals surface area contributed by atoms with Crippen LogP contribution in [0, 0.1) is 0 Å². The first-order chi connectivity index (χ1) is 25.3. The fourth-order valence-corrected chi connectivity index (χ4v) is 9.23. The van der Waals surface area contributed by atoms with Crippen molar-refractivity contribution in [3.05, 3.63) is 182 Å². The zero-order valence-electron chi connectivity index (χ0n) is 27.6. The van der Waals surface area contributed by atoms with E-state index in [1.54, 1.807) is 0 Å². The summed E-state index contributed by atoms with van der Waals surface area (Å²) in [7, 11) is 0. The van der Waals surface area contributed by atoms with Gasteiger partial charge < -0.3 is 9.13 Å². The smallest absolute Gasteiger partial charge is 0.0547 e. The van der Waals surface area contributed by atoms with Crippen molar-refractivity contribution in [3.63, 3.8) is 0 Å². The van der Waals surface area contributed by atoms with Crippen LogP contribution in [0.25, 0.3) is 97.4 Å². The molecule has 0 saturated carbocycles. The van der Waals surface area contributed by atoms with Crippen molar-refractivity contribution < 1.29 is 0 Å². The van der Waals surface area contributed by atoms with Gasteiger partial charge in [-0.2, -0.15) is 0 Å². The Labute approximate surface area is 298 Å². The van der Waals surface area contributed by atoms with Crippen molar-refractivity contribution in [2.24, 2.45) is 0 Å². The van der Waals surface area contributed by atoms with E-state index in [9.17, 15) is 0 Å². The van der Waals surface area contributed by atoms with Crippen LogP contribution in [-0.2, 0) is 0 Å². The molecule has 0 saturated heterocycles. The van der Waals surface area contributed by atoms with E-state index in [2.05, 4.69) is 191 Å². The Morgan fingerprint density at radius 2 is 0.765 bits per heavy atom. The highest BCUT2D eigenvalue weighted by Gasteiger charge is 2.16. The summed E-state index contributed by atoms with van der Waals surface area (Å²) in [6.07, 6.45) is 0. The Hall–Kier alpha value is -6.42. The molecule has 0 aliphatic heterocycles. The molecule has 3 heterocycles. The van der Waals surface area contributed by atoms with E-state index >= 15 is 0 Å². The Balaban J connectivity index is 1.03. The predicted molar refractivity (Wildman–Crippen MR) is 219 cm³/mol. The van der Waals surface area contributed by atoms with Crippen molar-refractivity contribution in [1.29, 1.82) is 0 Å². The van der Waals surface area contributed by atoms with Crippen LogP contribution in [0.15, 0.2) is 182 Å². The van der Waals surface area contributed by atoms with Gasteiger partial charge in [-0.3, -0.25) is 0 Å². The molecular formula is C48H30N2S. The SMILES string of the molecule is c1ccc(-n2c3ccccc3c3ccc(-c4ccc5c(c4)c4ccccc4n5-c4ccc(-c5ccc6sc7ccccc7c6c5)cc4)cc32)cc1. The summed E-state index contributed by atoms with van der Waals surface area (Å²) in [5.41, 5.74) is 12.1. The zero-order valence-corrected chi connectivity index (χ0v) is 28.4. The summed E-state index contributed by atoms with van der Waals surface area (Å²) < 4.78 is 7.47. The topological polar surface area (TPSA) is 9.86 Å². The molecule has 0 radical (unpaired) electrons. The molecule has 2 nitrogen and oxygen atoms in total. The summed E-state index contributed by atoms with van der Waals surface area (Å²) in [5, 5.41) is 7.71. The number of benzene rings is 8. The van der Waals surface area contributed by atoms with Crippen molar-refractivity contribution >= 4 is 75.1 Å². The monoisotopic (exact) mass is 666 g/mol. The number of hydrogen-bond acceptors (Lipinski definition) is 1. The van der Waals surface area contributed by atoms with E-state index in [4.69, 9.17) is 0 Å². The second-order valence-corrected chi connectivity index (χ2v) is 14.4. The summed E-state index contributed by atoms with van der Waals surface area (Å²) in [4.78, 5) is 0.